The largest absolute Gasteiger partial charge is 0.341 e. The van der Waals surface area contributed by atoms with Gasteiger partial charge in [-0.15, -0.1) is 0 Å². The molecule has 2 aliphatic heterocycles. The molecule has 1 aromatic carbocycles. The van der Waals surface area contributed by atoms with Crippen LogP contribution in [0.1, 0.15) is 30.1 Å². The van der Waals surface area contributed by atoms with Gasteiger partial charge in [0.05, 0.1) is 29.5 Å². The number of hydrogen-bond acceptors (Lipinski definition) is 6. The molecule has 1 saturated heterocycles. The molecule has 0 spiro atoms. The third-order valence-electron chi connectivity index (χ3n) is 5.42. The Kier molecular flexibility index (Phi) is 5.55. The molecular formula is C18H24N2O6S2. The molecule has 8 nitrogen and oxygen atoms in total. The Morgan fingerprint density at radius 1 is 1.18 bits per heavy atom. The van der Waals surface area contributed by atoms with E-state index in [-0.39, 0.29) is 49.1 Å². The number of nitrogens with zero attached hydrogens (tertiary/aromatic N) is 2. The van der Waals surface area contributed by atoms with E-state index in [0.717, 1.165) is 6.26 Å². The average molecular weight is 429 g/mol. The van der Waals surface area contributed by atoms with Crippen molar-refractivity contribution in [1.29, 1.82) is 0 Å². The first kappa shape index (κ1) is 20.8. The number of carbonyl (C=O) groups excluding carboxylic acids is 2. The summed E-state index contributed by atoms with van der Waals surface area (Å²) in [6.07, 6.45) is 1.38. The van der Waals surface area contributed by atoms with Gasteiger partial charge in [0.2, 0.25) is 15.9 Å². The third-order valence-corrected chi connectivity index (χ3v) is 8.27. The zero-order valence-corrected chi connectivity index (χ0v) is 17.5. The molecule has 10 heteroatoms. The molecule has 2 heterocycles. The highest BCUT2D eigenvalue weighted by atomic mass is 32.2. The molecule has 0 N–H and O–H groups in total. The Morgan fingerprint density at radius 3 is 2.39 bits per heavy atom. The zero-order chi connectivity index (χ0) is 20.7. The quantitative estimate of drug-likeness (QED) is 0.698. The molecule has 28 heavy (non-hydrogen) atoms. The second kappa shape index (κ2) is 7.47. The molecule has 0 radical (unpaired) electrons. The summed E-state index contributed by atoms with van der Waals surface area (Å²) in [5.74, 6) is -1.11. The number of carbonyl (C=O) groups is 2. The minimum atomic E-state index is -3.60. The van der Waals surface area contributed by atoms with Gasteiger partial charge in [0, 0.05) is 31.0 Å². The lowest BCUT2D eigenvalue weighted by Gasteiger charge is -2.39. The van der Waals surface area contributed by atoms with Crippen LogP contribution in [-0.4, -0.2) is 70.3 Å². The Hall–Kier alpha value is -1.94. The van der Waals surface area contributed by atoms with Crippen LogP contribution in [0.2, 0.25) is 0 Å². The molecule has 0 aliphatic carbocycles. The number of benzene rings is 1. The fraction of sp³-hybridized carbons (Fsp3) is 0.556. The summed E-state index contributed by atoms with van der Waals surface area (Å²) in [5.41, 5.74) is 0.707. The fourth-order valence-corrected chi connectivity index (χ4v) is 6.40. The van der Waals surface area contributed by atoms with Crippen LogP contribution in [0.4, 0.5) is 5.69 Å². The summed E-state index contributed by atoms with van der Waals surface area (Å²) >= 11 is 0. The normalized spacial score (nSPS) is 24.7. The molecule has 1 fully saturated rings. The van der Waals surface area contributed by atoms with Crippen molar-refractivity contribution in [1.82, 2.24) is 4.90 Å². The maximum atomic E-state index is 12.9. The Labute approximate surface area is 165 Å². The number of sulfonamides is 1. The van der Waals surface area contributed by atoms with Crippen molar-refractivity contribution in [2.75, 3.05) is 35.2 Å². The van der Waals surface area contributed by atoms with Crippen LogP contribution in [0.5, 0.6) is 0 Å². The summed E-state index contributed by atoms with van der Waals surface area (Å²) in [6.45, 7) is 2.00. The molecule has 2 atom stereocenters. The molecule has 154 valence electrons. The van der Waals surface area contributed by atoms with Gasteiger partial charge in [-0.3, -0.25) is 13.9 Å². The van der Waals surface area contributed by atoms with Crippen LogP contribution >= 0.6 is 0 Å². The number of para-hydroxylation sites is 1. The van der Waals surface area contributed by atoms with Gasteiger partial charge >= 0.3 is 0 Å². The molecule has 0 saturated carbocycles. The molecule has 0 aromatic heterocycles. The van der Waals surface area contributed by atoms with Crippen molar-refractivity contribution < 1.29 is 26.4 Å². The van der Waals surface area contributed by atoms with Gasteiger partial charge in [-0.2, -0.15) is 0 Å². The average Bonchev–Trinajstić information content (AvgIpc) is 2.60. The highest BCUT2D eigenvalue weighted by molar-refractivity contribution is 7.92. The minimum absolute atomic E-state index is 0.0489. The lowest BCUT2D eigenvalue weighted by molar-refractivity contribution is -0.131. The smallest absolute Gasteiger partial charge is 0.232 e. The van der Waals surface area contributed by atoms with Crippen molar-refractivity contribution in [3.8, 4) is 0 Å². The van der Waals surface area contributed by atoms with Gasteiger partial charge in [-0.25, -0.2) is 16.8 Å². The monoisotopic (exact) mass is 428 g/mol. The standard InChI is InChI=1S/C18H24N2O6S2/c1-13-14(7-8-17(21)19-9-11-28(25,26)12-10-19)18(22)15-5-3-4-6-16(15)20(13)27(2,23)24/h3-6,13-14H,7-12H2,1-2H3/t13-,14?/m1/s1. The van der Waals surface area contributed by atoms with Crippen LogP contribution in [0.15, 0.2) is 24.3 Å². The van der Waals surface area contributed by atoms with Gasteiger partial charge in [-0.05, 0) is 25.5 Å². The van der Waals surface area contributed by atoms with Crippen molar-refractivity contribution in [2.24, 2.45) is 5.92 Å². The van der Waals surface area contributed by atoms with Crippen LogP contribution in [0, 0.1) is 5.92 Å². The first-order valence-electron chi connectivity index (χ1n) is 9.12. The SMILES string of the molecule is C[C@@H]1C(CCC(=O)N2CCS(=O)(=O)CC2)C(=O)c2ccccc2N1S(C)(=O)=O. The summed E-state index contributed by atoms with van der Waals surface area (Å²) in [6, 6.07) is 5.98. The lowest BCUT2D eigenvalue weighted by atomic mass is 9.83. The topological polar surface area (TPSA) is 109 Å². The highest BCUT2D eigenvalue weighted by Gasteiger charge is 2.41. The predicted octanol–water partition coefficient (Wildman–Crippen LogP) is 0.691. The molecule has 3 rings (SSSR count). The lowest BCUT2D eigenvalue weighted by Crippen LogP contribution is -2.49. The van der Waals surface area contributed by atoms with E-state index < -0.39 is 31.8 Å². The van der Waals surface area contributed by atoms with E-state index in [1.807, 2.05) is 0 Å². The van der Waals surface area contributed by atoms with Gasteiger partial charge in [0.15, 0.2) is 15.6 Å². The molecule has 2 aliphatic rings. The Bertz CT molecular complexity index is 989. The van der Waals surface area contributed by atoms with E-state index in [9.17, 15) is 26.4 Å². The highest BCUT2D eigenvalue weighted by Crippen LogP contribution is 2.37. The number of fused-ring (bicyclic) bond motifs is 1. The zero-order valence-electron chi connectivity index (χ0n) is 15.9. The van der Waals surface area contributed by atoms with Crippen molar-refractivity contribution >= 4 is 37.2 Å². The maximum Gasteiger partial charge on any atom is 0.232 e. The Morgan fingerprint density at radius 2 is 1.79 bits per heavy atom. The van der Waals surface area contributed by atoms with Gasteiger partial charge in [0.1, 0.15) is 0 Å². The number of hydrogen-bond donors (Lipinski definition) is 0. The molecule has 1 aromatic rings. The summed E-state index contributed by atoms with van der Waals surface area (Å²) in [7, 11) is -6.68. The van der Waals surface area contributed by atoms with Gasteiger partial charge in [0.25, 0.3) is 0 Å². The van der Waals surface area contributed by atoms with E-state index in [2.05, 4.69) is 0 Å². The molecular weight excluding hydrogens is 404 g/mol. The summed E-state index contributed by atoms with van der Waals surface area (Å²) in [5, 5.41) is 0. The van der Waals surface area contributed by atoms with Crippen molar-refractivity contribution in [2.45, 2.75) is 25.8 Å². The van der Waals surface area contributed by atoms with E-state index >= 15 is 0 Å². The molecule has 1 amide bonds. The van der Waals surface area contributed by atoms with E-state index in [1.165, 1.54) is 9.21 Å². The number of rotatable bonds is 4. The second-order valence-corrected chi connectivity index (χ2v) is 11.5. The van der Waals surface area contributed by atoms with Crippen molar-refractivity contribution in [3.05, 3.63) is 29.8 Å². The van der Waals surface area contributed by atoms with Crippen LogP contribution in [0.25, 0.3) is 0 Å². The summed E-state index contributed by atoms with van der Waals surface area (Å²) < 4.78 is 49.0. The number of anilines is 1. The molecule has 0 bridgehead atoms. The fourth-order valence-electron chi connectivity index (χ4n) is 3.93. The number of amides is 1. The molecule has 1 unspecified atom stereocenters. The third kappa shape index (κ3) is 4.07. The van der Waals surface area contributed by atoms with Crippen molar-refractivity contribution in [3.63, 3.8) is 0 Å². The van der Waals surface area contributed by atoms with Gasteiger partial charge in [-0.1, -0.05) is 12.1 Å². The second-order valence-electron chi connectivity index (χ2n) is 7.36. The van der Waals surface area contributed by atoms with Crippen LogP contribution < -0.4 is 4.31 Å². The van der Waals surface area contributed by atoms with E-state index in [4.69, 9.17) is 0 Å². The maximum absolute atomic E-state index is 12.9. The minimum Gasteiger partial charge on any atom is -0.341 e. The number of sulfone groups is 1. The first-order valence-corrected chi connectivity index (χ1v) is 12.8. The van der Waals surface area contributed by atoms with E-state index in [1.54, 1.807) is 31.2 Å². The van der Waals surface area contributed by atoms with Crippen LogP contribution in [-0.2, 0) is 24.7 Å². The first-order chi connectivity index (χ1) is 13.0. The summed E-state index contributed by atoms with van der Waals surface area (Å²) in [4.78, 5) is 26.9. The number of ketones is 1. The Balaban J connectivity index is 1.77. The predicted molar refractivity (Wildman–Crippen MR) is 106 cm³/mol. The van der Waals surface area contributed by atoms with Gasteiger partial charge < -0.3 is 4.90 Å². The number of Topliss-reactive ketones (excluding diaryl/α,β-unsaturated/α-hetero) is 1. The van der Waals surface area contributed by atoms with Crippen LogP contribution in [0.3, 0.4) is 0 Å². The van der Waals surface area contributed by atoms with E-state index in [0.29, 0.717) is 11.3 Å².